The molecule has 0 aliphatic carbocycles. The zero-order valence-electron chi connectivity index (χ0n) is 10.9. The maximum absolute atomic E-state index is 11.4. The van der Waals surface area contributed by atoms with Gasteiger partial charge in [0.1, 0.15) is 0 Å². The number of methoxy groups -OCH3 is 1. The second kappa shape index (κ2) is 7.27. The van der Waals surface area contributed by atoms with E-state index in [1.165, 1.54) is 13.4 Å². The van der Waals surface area contributed by atoms with Crippen LogP contribution in [-0.2, 0) is 21.3 Å². The molecule has 0 saturated heterocycles. The molecule has 0 aromatic carbocycles. The largest absolute Gasteiger partial charge is 0.463 e. The highest BCUT2D eigenvalue weighted by molar-refractivity contribution is 7.89. The first-order valence-electron chi connectivity index (χ1n) is 5.83. The molecule has 108 valence electrons. The number of hydrogen-bond donors (Lipinski definition) is 2. The summed E-state index contributed by atoms with van der Waals surface area (Å²) in [6, 6.07) is 1.64. The lowest BCUT2D eigenvalue weighted by molar-refractivity contribution is 0.0563. The van der Waals surface area contributed by atoms with Crippen LogP contribution in [0.1, 0.15) is 23.0 Å². The summed E-state index contributed by atoms with van der Waals surface area (Å²) >= 11 is 0. The minimum atomic E-state index is -3.23. The molecular formula is C11H18N2O5S. The minimum absolute atomic E-state index is 0.0216. The Morgan fingerprint density at radius 1 is 1.47 bits per heavy atom. The summed E-state index contributed by atoms with van der Waals surface area (Å²) in [4.78, 5) is 11.3. The fraction of sp³-hybridized carbons (Fsp3) is 0.545. The van der Waals surface area contributed by atoms with E-state index >= 15 is 0 Å². The molecule has 0 spiro atoms. The van der Waals surface area contributed by atoms with Crippen molar-refractivity contribution in [2.75, 3.05) is 26.0 Å². The first kappa shape index (κ1) is 15.7. The molecule has 0 bridgehead atoms. The van der Waals surface area contributed by atoms with Crippen LogP contribution in [0.4, 0.5) is 0 Å². The van der Waals surface area contributed by atoms with E-state index in [9.17, 15) is 13.2 Å². The van der Waals surface area contributed by atoms with Gasteiger partial charge >= 0.3 is 5.97 Å². The number of sulfonamides is 1. The normalized spacial score (nSPS) is 11.5. The molecule has 0 aliphatic heterocycles. The summed E-state index contributed by atoms with van der Waals surface area (Å²) in [7, 11) is -1.96. The molecule has 0 radical (unpaired) electrons. The lowest BCUT2D eigenvalue weighted by atomic mass is 10.2. The molecule has 8 heteroatoms. The molecule has 1 aromatic rings. The molecule has 0 fully saturated rings. The Labute approximate surface area is 112 Å². The van der Waals surface area contributed by atoms with Crippen molar-refractivity contribution in [2.45, 2.75) is 13.5 Å². The molecule has 1 heterocycles. The summed E-state index contributed by atoms with van der Waals surface area (Å²) in [5, 5.41) is 2.93. The van der Waals surface area contributed by atoms with Crippen molar-refractivity contribution in [2.24, 2.45) is 0 Å². The number of nitrogens with one attached hydrogen (secondary N) is 2. The zero-order valence-corrected chi connectivity index (χ0v) is 11.7. The third-order valence-corrected chi connectivity index (χ3v) is 3.81. The van der Waals surface area contributed by atoms with Gasteiger partial charge in [-0.1, -0.05) is 6.92 Å². The molecule has 2 N–H and O–H groups in total. The minimum Gasteiger partial charge on any atom is -0.463 e. The lowest BCUT2D eigenvalue weighted by Crippen LogP contribution is -2.31. The van der Waals surface area contributed by atoms with Gasteiger partial charge in [-0.3, -0.25) is 0 Å². The quantitative estimate of drug-likeness (QED) is 0.520. The maximum atomic E-state index is 11.4. The van der Waals surface area contributed by atoms with Gasteiger partial charge in [-0.25, -0.2) is 17.9 Å². The van der Waals surface area contributed by atoms with Crippen LogP contribution >= 0.6 is 0 Å². The van der Waals surface area contributed by atoms with Gasteiger partial charge in [-0.15, -0.1) is 0 Å². The number of furan rings is 1. The Morgan fingerprint density at radius 2 is 2.21 bits per heavy atom. The maximum Gasteiger partial charge on any atom is 0.374 e. The number of esters is 1. The van der Waals surface area contributed by atoms with Crippen molar-refractivity contribution in [3.05, 3.63) is 23.7 Å². The second-order valence-electron chi connectivity index (χ2n) is 3.76. The smallest absolute Gasteiger partial charge is 0.374 e. The van der Waals surface area contributed by atoms with Gasteiger partial charge in [0.15, 0.2) is 0 Å². The van der Waals surface area contributed by atoms with Gasteiger partial charge < -0.3 is 14.5 Å². The summed E-state index contributed by atoms with van der Waals surface area (Å²) in [5.41, 5.74) is 0.632. The van der Waals surface area contributed by atoms with E-state index < -0.39 is 16.0 Å². The fourth-order valence-corrected chi connectivity index (χ4v) is 2.47. The number of carbonyl (C=O) groups is 1. The van der Waals surface area contributed by atoms with E-state index in [1.54, 1.807) is 13.0 Å². The molecule has 0 atom stereocenters. The Hall–Kier alpha value is -1.38. The predicted molar refractivity (Wildman–Crippen MR) is 69.2 cm³/mol. The van der Waals surface area contributed by atoms with Crippen LogP contribution in [0, 0.1) is 0 Å². The number of ether oxygens (including phenoxy) is 1. The molecular weight excluding hydrogens is 272 g/mol. The molecule has 0 unspecified atom stereocenters. The molecule has 0 aliphatic rings. The van der Waals surface area contributed by atoms with E-state index in [-0.39, 0.29) is 18.1 Å². The second-order valence-corrected chi connectivity index (χ2v) is 5.69. The van der Waals surface area contributed by atoms with Crippen LogP contribution in [-0.4, -0.2) is 40.3 Å². The molecule has 1 aromatic heterocycles. The van der Waals surface area contributed by atoms with Crippen molar-refractivity contribution in [3.63, 3.8) is 0 Å². The van der Waals surface area contributed by atoms with Gasteiger partial charge in [0.05, 0.1) is 19.1 Å². The Balaban J connectivity index is 2.42. The highest BCUT2D eigenvalue weighted by Gasteiger charge is 2.15. The average molecular weight is 290 g/mol. The van der Waals surface area contributed by atoms with E-state index in [1.807, 2.05) is 0 Å². The van der Waals surface area contributed by atoms with Crippen LogP contribution in [0.5, 0.6) is 0 Å². The Morgan fingerprint density at radius 3 is 2.84 bits per heavy atom. The van der Waals surface area contributed by atoms with Crippen LogP contribution < -0.4 is 10.0 Å². The molecule has 0 saturated carbocycles. The molecule has 0 amide bonds. The topological polar surface area (TPSA) is 97.6 Å². The monoisotopic (exact) mass is 290 g/mol. The van der Waals surface area contributed by atoms with Crippen molar-refractivity contribution in [1.82, 2.24) is 10.0 Å². The zero-order chi connectivity index (χ0) is 14.3. The number of carbonyl (C=O) groups excluding carboxylic acids is 1. The standard InChI is InChI=1S/C11H18N2O5S/c1-3-13-19(15,16)7-5-12-8-9-4-6-18-10(9)11(14)17-2/h4,6,12-13H,3,5,7-8H2,1-2H3. The third-order valence-electron chi connectivity index (χ3n) is 2.34. The molecule has 19 heavy (non-hydrogen) atoms. The van der Waals surface area contributed by atoms with E-state index in [0.717, 1.165) is 0 Å². The first-order valence-corrected chi connectivity index (χ1v) is 7.48. The number of rotatable bonds is 8. The van der Waals surface area contributed by atoms with Crippen LogP contribution in [0.25, 0.3) is 0 Å². The van der Waals surface area contributed by atoms with Crippen molar-refractivity contribution in [1.29, 1.82) is 0 Å². The SMILES string of the molecule is CCNS(=O)(=O)CCNCc1ccoc1C(=O)OC. The summed E-state index contributed by atoms with van der Waals surface area (Å²) < 4.78 is 34.7. The highest BCUT2D eigenvalue weighted by Crippen LogP contribution is 2.11. The Bertz CT molecular complexity index is 509. The van der Waals surface area contributed by atoms with Gasteiger partial charge in [-0.05, 0) is 6.07 Å². The van der Waals surface area contributed by atoms with Crippen molar-refractivity contribution >= 4 is 16.0 Å². The predicted octanol–water partition coefficient (Wildman–Crippen LogP) is 0.0951. The van der Waals surface area contributed by atoms with Gasteiger partial charge in [0.2, 0.25) is 15.8 Å². The average Bonchev–Trinajstić information content (AvgIpc) is 2.82. The summed E-state index contributed by atoms with van der Waals surface area (Å²) in [5.74, 6) is -0.446. The fourth-order valence-electron chi connectivity index (χ4n) is 1.47. The van der Waals surface area contributed by atoms with Crippen LogP contribution in [0.3, 0.4) is 0 Å². The van der Waals surface area contributed by atoms with Crippen LogP contribution in [0.2, 0.25) is 0 Å². The summed E-state index contributed by atoms with van der Waals surface area (Å²) in [6.45, 7) is 2.71. The first-order chi connectivity index (χ1) is 9.00. The number of hydrogen-bond acceptors (Lipinski definition) is 6. The molecule has 1 rings (SSSR count). The van der Waals surface area contributed by atoms with Crippen molar-refractivity contribution in [3.8, 4) is 0 Å². The van der Waals surface area contributed by atoms with E-state index in [0.29, 0.717) is 18.7 Å². The van der Waals surface area contributed by atoms with Crippen LogP contribution in [0.15, 0.2) is 16.7 Å². The van der Waals surface area contributed by atoms with E-state index in [4.69, 9.17) is 4.42 Å². The highest BCUT2D eigenvalue weighted by atomic mass is 32.2. The summed E-state index contributed by atoms with van der Waals surface area (Å²) in [6.07, 6.45) is 1.39. The van der Waals surface area contributed by atoms with E-state index in [2.05, 4.69) is 14.8 Å². The van der Waals surface area contributed by atoms with Gasteiger partial charge in [0, 0.05) is 25.2 Å². The van der Waals surface area contributed by atoms with Gasteiger partial charge in [-0.2, -0.15) is 0 Å². The van der Waals surface area contributed by atoms with Crippen molar-refractivity contribution < 1.29 is 22.4 Å². The molecule has 7 nitrogen and oxygen atoms in total. The lowest BCUT2D eigenvalue weighted by Gasteiger charge is -2.06. The van der Waals surface area contributed by atoms with Gasteiger partial charge in [0.25, 0.3) is 0 Å². The third kappa shape index (κ3) is 5.01. The Kier molecular flexibility index (Phi) is 6.00.